The van der Waals surface area contributed by atoms with E-state index in [0.717, 1.165) is 10.9 Å². The summed E-state index contributed by atoms with van der Waals surface area (Å²) in [6.45, 7) is 6.11. The van der Waals surface area contributed by atoms with Crippen molar-refractivity contribution in [3.8, 4) is 0 Å². The Kier molecular flexibility index (Phi) is 5.82. The molecule has 0 unspecified atom stereocenters. The number of carbonyl (C=O) groups excluding carboxylic acids is 1. The molecule has 1 rings (SSSR count). The van der Waals surface area contributed by atoms with Crippen LogP contribution in [0.5, 0.6) is 0 Å². The molecule has 0 heterocycles. The summed E-state index contributed by atoms with van der Waals surface area (Å²) in [7, 11) is 0. The predicted octanol–water partition coefficient (Wildman–Crippen LogP) is 3.35. The lowest BCUT2D eigenvalue weighted by Crippen LogP contribution is -2.37. The van der Waals surface area contributed by atoms with Crippen LogP contribution >= 0.6 is 15.9 Å². The Morgan fingerprint density at radius 3 is 2.44 bits per heavy atom. The van der Waals surface area contributed by atoms with E-state index in [0.29, 0.717) is 13.2 Å². The first kappa shape index (κ1) is 15.2. The van der Waals surface area contributed by atoms with Crippen LogP contribution in [-0.4, -0.2) is 24.8 Å². The number of esters is 1. The second-order valence-corrected chi connectivity index (χ2v) is 5.37. The molecule has 0 aliphatic rings. The molecule has 1 aromatic rings. The number of halogens is 1. The van der Waals surface area contributed by atoms with E-state index in [4.69, 9.17) is 9.47 Å². The molecule has 0 N–H and O–H groups in total. The minimum Gasteiger partial charge on any atom is -0.464 e. The highest BCUT2D eigenvalue weighted by Crippen LogP contribution is 2.14. The first-order chi connectivity index (χ1) is 8.45. The fourth-order valence-electron chi connectivity index (χ4n) is 1.44. The fourth-order valence-corrected chi connectivity index (χ4v) is 1.70. The summed E-state index contributed by atoms with van der Waals surface area (Å²) >= 11 is 3.39. The Hall–Kier alpha value is -0.870. The molecular weight excluding hydrogens is 296 g/mol. The van der Waals surface area contributed by atoms with Gasteiger partial charge in [-0.05, 0) is 44.9 Å². The molecule has 0 fully saturated rings. The Labute approximate surface area is 117 Å². The van der Waals surface area contributed by atoms with Gasteiger partial charge in [-0.25, -0.2) is 4.79 Å². The summed E-state index contributed by atoms with van der Waals surface area (Å²) in [5.41, 5.74) is 0.295. The van der Waals surface area contributed by atoms with Crippen LogP contribution in [0.1, 0.15) is 26.3 Å². The highest BCUT2D eigenvalue weighted by Gasteiger charge is 2.29. The first-order valence-electron chi connectivity index (χ1n) is 6.01. The van der Waals surface area contributed by atoms with Crippen LogP contribution in [0.4, 0.5) is 0 Å². The largest absolute Gasteiger partial charge is 0.464 e. The van der Waals surface area contributed by atoms with Crippen molar-refractivity contribution in [2.75, 3.05) is 13.2 Å². The second-order valence-electron chi connectivity index (χ2n) is 4.46. The fraction of sp³-hybridized carbons (Fsp3) is 0.500. The van der Waals surface area contributed by atoms with Crippen molar-refractivity contribution >= 4 is 21.9 Å². The zero-order valence-corrected chi connectivity index (χ0v) is 12.6. The lowest BCUT2D eigenvalue weighted by atomic mass is 10.1. The van der Waals surface area contributed by atoms with Crippen LogP contribution in [-0.2, 0) is 20.7 Å². The third-order valence-corrected chi connectivity index (χ3v) is 3.06. The molecule has 18 heavy (non-hydrogen) atoms. The standard InChI is InChI=1S/C14H19BrO3/c1-4-17-13(16)14(2,3)18-10-9-11-5-7-12(15)8-6-11/h5-8H,4,9-10H2,1-3H3. The third-order valence-electron chi connectivity index (χ3n) is 2.53. The molecule has 4 heteroatoms. The molecule has 0 bridgehead atoms. The van der Waals surface area contributed by atoms with E-state index in [-0.39, 0.29) is 5.97 Å². The normalized spacial score (nSPS) is 11.3. The van der Waals surface area contributed by atoms with Gasteiger partial charge >= 0.3 is 5.97 Å². The Morgan fingerprint density at radius 1 is 1.28 bits per heavy atom. The van der Waals surface area contributed by atoms with Crippen LogP contribution in [0.3, 0.4) is 0 Å². The molecule has 3 nitrogen and oxygen atoms in total. The van der Waals surface area contributed by atoms with Crippen molar-refractivity contribution in [2.24, 2.45) is 0 Å². The number of ether oxygens (including phenoxy) is 2. The highest BCUT2D eigenvalue weighted by atomic mass is 79.9. The monoisotopic (exact) mass is 314 g/mol. The van der Waals surface area contributed by atoms with Gasteiger partial charge in [-0.15, -0.1) is 0 Å². The molecule has 100 valence electrons. The number of carbonyl (C=O) groups is 1. The van der Waals surface area contributed by atoms with Crippen molar-refractivity contribution < 1.29 is 14.3 Å². The summed E-state index contributed by atoms with van der Waals surface area (Å²) in [6, 6.07) is 8.05. The molecule has 0 saturated carbocycles. The Balaban J connectivity index is 2.41. The van der Waals surface area contributed by atoms with Crippen LogP contribution in [0, 0.1) is 0 Å². The highest BCUT2D eigenvalue weighted by molar-refractivity contribution is 9.10. The van der Waals surface area contributed by atoms with Crippen LogP contribution in [0.15, 0.2) is 28.7 Å². The molecule has 0 aromatic heterocycles. The lowest BCUT2D eigenvalue weighted by molar-refractivity contribution is -0.167. The Bertz CT molecular complexity index is 385. The minimum atomic E-state index is -0.884. The van der Waals surface area contributed by atoms with Crippen molar-refractivity contribution in [3.63, 3.8) is 0 Å². The zero-order chi connectivity index (χ0) is 13.6. The predicted molar refractivity (Wildman–Crippen MR) is 74.5 cm³/mol. The van der Waals surface area contributed by atoms with Crippen molar-refractivity contribution in [1.29, 1.82) is 0 Å². The molecular formula is C14H19BrO3. The number of benzene rings is 1. The van der Waals surface area contributed by atoms with Gasteiger partial charge in [0.15, 0.2) is 5.60 Å². The number of rotatable bonds is 6. The van der Waals surface area contributed by atoms with Gasteiger partial charge in [0, 0.05) is 4.47 Å². The first-order valence-corrected chi connectivity index (χ1v) is 6.80. The number of hydrogen-bond acceptors (Lipinski definition) is 3. The maximum Gasteiger partial charge on any atom is 0.337 e. The molecule has 0 aliphatic carbocycles. The van der Waals surface area contributed by atoms with Crippen LogP contribution in [0.25, 0.3) is 0 Å². The molecule has 0 radical (unpaired) electrons. The molecule has 0 spiro atoms. The van der Waals surface area contributed by atoms with Gasteiger partial charge in [0.05, 0.1) is 13.2 Å². The van der Waals surface area contributed by atoms with Gasteiger partial charge in [-0.1, -0.05) is 28.1 Å². The van der Waals surface area contributed by atoms with Gasteiger partial charge in [0.1, 0.15) is 0 Å². The molecule has 0 amide bonds. The summed E-state index contributed by atoms with van der Waals surface area (Å²) < 4.78 is 11.6. The van der Waals surface area contributed by atoms with E-state index in [9.17, 15) is 4.79 Å². The molecule has 0 aliphatic heterocycles. The Morgan fingerprint density at radius 2 is 1.89 bits per heavy atom. The van der Waals surface area contributed by atoms with E-state index in [2.05, 4.69) is 15.9 Å². The van der Waals surface area contributed by atoms with Gasteiger partial charge in [0.2, 0.25) is 0 Å². The second kappa shape index (κ2) is 6.90. The van der Waals surface area contributed by atoms with Crippen molar-refractivity contribution in [3.05, 3.63) is 34.3 Å². The average Bonchev–Trinajstić information content (AvgIpc) is 2.32. The van der Waals surface area contributed by atoms with Gasteiger partial charge in [-0.3, -0.25) is 0 Å². The van der Waals surface area contributed by atoms with Crippen molar-refractivity contribution in [1.82, 2.24) is 0 Å². The summed E-state index contributed by atoms with van der Waals surface area (Å²) in [6.07, 6.45) is 0.774. The van der Waals surface area contributed by atoms with E-state index in [1.54, 1.807) is 20.8 Å². The summed E-state index contributed by atoms with van der Waals surface area (Å²) in [4.78, 5) is 11.6. The third kappa shape index (κ3) is 4.78. The van der Waals surface area contributed by atoms with Gasteiger partial charge in [-0.2, -0.15) is 0 Å². The number of hydrogen-bond donors (Lipinski definition) is 0. The lowest BCUT2D eigenvalue weighted by Gasteiger charge is -2.22. The molecule has 1 aromatic carbocycles. The average molecular weight is 315 g/mol. The van der Waals surface area contributed by atoms with Crippen LogP contribution in [0.2, 0.25) is 0 Å². The van der Waals surface area contributed by atoms with E-state index in [1.165, 1.54) is 5.56 Å². The smallest absolute Gasteiger partial charge is 0.337 e. The van der Waals surface area contributed by atoms with Crippen LogP contribution < -0.4 is 0 Å². The SMILES string of the molecule is CCOC(=O)C(C)(C)OCCc1ccc(Br)cc1. The topological polar surface area (TPSA) is 35.5 Å². The summed E-state index contributed by atoms with van der Waals surface area (Å²) in [5.74, 6) is -0.319. The van der Waals surface area contributed by atoms with E-state index >= 15 is 0 Å². The van der Waals surface area contributed by atoms with E-state index < -0.39 is 5.60 Å². The molecule has 0 atom stereocenters. The van der Waals surface area contributed by atoms with Crippen molar-refractivity contribution in [2.45, 2.75) is 32.8 Å². The summed E-state index contributed by atoms with van der Waals surface area (Å²) in [5, 5.41) is 0. The maximum atomic E-state index is 11.6. The van der Waals surface area contributed by atoms with Gasteiger partial charge < -0.3 is 9.47 Å². The quantitative estimate of drug-likeness (QED) is 0.755. The van der Waals surface area contributed by atoms with E-state index in [1.807, 2.05) is 24.3 Å². The molecule has 0 saturated heterocycles. The van der Waals surface area contributed by atoms with Gasteiger partial charge in [0.25, 0.3) is 0 Å². The minimum absolute atomic E-state index is 0.319. The maximum absolute atomic E-state index is 11.6. The zero-order valence-electron chi connectivity index (χ0n) is 11.0.